The summed E-state index contributed by atoms with van der Waals surface area (Å²) in [5, 5.41) is 4.37. The van der Waals surface area contributed by atoms with Crippen molar-refractivity contribution in [2.75, 3.05) is 32.7 Å². The summed E-state index contributed by atoms with van der Waals surface area (Å²) in [6.07, 6.45) is 0. The van der Waals surface area contributed by atoms with Crippen molar-refractivity contribution in [3.63, 3.8) is 0 Å². The second-order valence-corrected chi connectivity index (χ2v) is 6.83. The highest BCUT2D eigenvalue weighted by atomic mass is 35.5. The third kappa shape index (κ3) is 5.07. The number of quaternary nitrogens is 1. The van der Waals surface area contributed by atoms with E-state index >= 15 is 0 Å². The van der Waals surface area contributed by atoms with Crippen molar-refractivity contribution in [1.82, 2.24) is 5.32 Å². The number of likely N-dealkylation sites (N-methyl/N-ethyl adjacent to an activating group) is 1. The van der Waals surface area contributed by atoms with Crippen molar-refractivity contribution >= 4 is 11.6 Å². The third-order valence-electron chi connectivity index (χ3n) is 5.24. The number of nitrogens with one attached hydrogen (secondary N) is 1. The van der Waals surface area contributed by atoms with Gasteiger partial charge in [-0.25, -0.2) is 0 Å². The van der Waals surface area contributed by atoms with Crippen molar-refractivity contribution in [2.24, 2.45) is 0 Å². The zero-order chi connectivity index (χ0) is 17.4. The molecule has 0 saturated carbocycles. The molecule has 0 atom stereocenters. The van der Waals surface area contributed by atoms with E-state index in [2.05, 4.69) is 62.5 Å². The molecule has 0 aromatic heterocycles. The van der Waals surface area contributed by atoms with Crippen LogP contribution in [-0.2, 0) is 6.54 Å². The van der Waals surface area contributed by atoms with E-state index in [4.69, 9.17) is 11.6 Å². The first-order valence-electron chi connectivity index (χ1n) is 9.03. The molecule has 0 fully saturated rings. The highest BCUT2D eigenvalue weighted by Crippen LogP contribution is 2.21. The summed E-state index contributed by atoms with van der Waals surface area (Å²) in [6.45, 7) is 13.7. The van der Waals surface area contributed by atoms with Gasteiger partial charge in [-0.2, -0.15) is 0 Å². The lowest BCUT2D eigenvalue weighted by Gasteiger charge is -2.35. The molecule has 0 bridgehead atoms. The molecule has 0 saturated heterocycles. The normalized spacial score (nSPS) is 11.7. The quantitative estimate of drug-likeness (QED) is 0.499. The van der Waals surface area contributed by atoms with Gasteiger partial charge in [-0.3, -0.25) is 0 Å². The second-order valence-electron chi connectivity index (χ2n) is 6.39. The lowest BCUT2D eigenvalue weighted by molar-refractivity contribution is -0.922. The summed E-state index contributed by atoms with van der Waals surface area (Å²) in [4.78, 5) is 0. The van der Waals surface area contributed by atoms with E-state index in [0.717, 1.165) is 18.1 Å². The van der Waals surface area contributed by atoms with Crippen molar-refractivity contribution in [2.45, 2.75) is 27.3 Å². The first-order valence-corrected chi connectivity index (χ1v) is 9.41. The molecule has 3 heteroatoms. The fraction of sp³-hybridized carbons (Fsp3) is 0.429. The van der Waals surface area contributed by atoms with E-state index in [1.807, 2.05) is 12.1 Å². The largest absolute Gasteiger partial charge is 0.323 e. The zero-order valence-corrected chi connectivity index (χ0v) is 15.9. The van der Waals surface area contributed by atoms with Gasteiger partial charge in [-0.1, -0.05) is 48.0 Å². The molecule has 2 aromatic rings. The summed E-state index contributed by atoms with van der Waals surface area (Å²) in [5.74, 6) is 0. The number of hydrogen-bond donors (Lipinski definition) is 1. The van der Waals surface area contributed by atoms with Crippen LogP contribution in [0.4, 0.5) is 0 Å². The van der Waals surface area contributed by atoms with Gasteiger partial charge in [-0.15, -0.1) is 0 Å². The molecule has 0 heterocycles. The second kappa shape index (κ2) is 9.22. The lowest BCUT2D eigenvalue weighted by atomic mass is 10.0. The van der Waals surface area contributed by atoms with Gasteiger partial charge < -0.3 is 9.80 Å². The minimum Gasteiger partial charge on any atom is -0.323 e. The Morgan fingerprint density at radius 1 is 0.792 bits per heavy atom. The van der Waals surface area contributed by atoms with Crippen LogP contribution in [0.2, 0.25) is 5.02 Å². The first kappa shape index (κ1) is 19.0. The van der Waals surface area contributed by atoms with E-state index in [-0.39, 0.29) is 0 Å². The maximum atomic E-state index is 5.95. The predicted molar refractivity (Wildman–Crippen MR) is 105 cm³/mol. The van der Waals surface area contributed by atoms with Crippen LogP contribution in [0.1, 0.15) is 26.3 Å². The van der Waals surface area contributed by atoms with Gasteiger partial charge in [-0.05, 0) is 49.6 Å². The molecule has 0 radical (unpaired) electrons. The smallest absolute Gasteiger partial charge is 0.0913 e. The van der Waals surface area contributed by atoms with Gasteiger partial charge in [0.25, 0.3) is 0 Å². The minimum atomic E-state index is 0.778. The molecule has 1 N–H and O–H groups in total. The van der Waals surface area contributed by atoms with Crippen molar-refractivity contribution in [3.05, 3.63) is 59.1 Å². The van der Waals surface area contributed by atoms with Crippen LogP contribution in [0, 0.1) is 0 Å². The Hall–Kier alpha value is -1.35. The van der Waals surface area contributed by atoms with E-state index in [9.17, 15) is 0 Å². The number of halogens is 1. The van der Waals surface area contributed by atoms with Gasteiger partial charge in [0.1, 0.15) is 0 Å². The van der Waals surface area contributed by atoms with Crippen LogP contribution in [0.25, 0.3) is 11.1 Å². The Morgan fingerprint density at radius 2 is 1.29 bits per heavy atom. The molecular formula is C21H30ClN2+. The fourth-order valence-electron chi connectivity index (χ4n) is 3.15. The molecule has 0 aliphatic rings. The Labute approximate surface area is 152 Å². The maximum Gasteiger partial charge on any atom is 0.0913 e. The van der Waals surface area contributed by atoms with Crippen LogP contribution in [0.15, 0.2) is 48.5 Å². The molecule has 0 amide bonds. The van der Waals surface area contributed by atoms with Gasteiger partial charge >= 0.3 is 0 Å². The lowest BCUT2D eigenvalue weighted by Crippen LogP contribution is -2.50. The molecule has 2 rings (SSSR count). The number of benzene rings is 2. The zero-order valence-electron chi connectivity index (χ0n) is 15.2. The average molecular weight is 346 g/mol. The van der Waals surface area contributed by atoms with Crippen LogP contribution in [0.5, 0.6) is 0 Å². The summed E-state index contributed by atoms with van der Waals surface area (Å²) >= 11 is 5.95. The van der Waals surface area contributed by atoms with Crippen LogP contribution in [0.3, 0.4) is 0 Å². The Kier molecular flexibility index (Phi) is 7.29. The standard InChI is InChI=1S/C21H30ClN2/c1-4-24(5-2,6-3)16-15-23-17-18-7-9-19(10-8-18)20-11-13-21(22)14-12-20/h7-14,23H,4-6,15-17H2,1-3H3/q+1. The number of nitrogens with zero attached hydrogens (tertiary/aromatic N) is 1. The van der Waals surface area contributed by atoms with E-state index in [0.29, 0.717) is 0 Å². The molecule has 0 unspecified atom stereocenters. The molecule has 130 valence electrons. The van der Waals surface area contributed by atoms with Crippen molar-refractivity contribution < 1.29 is 4.48 Å². The van der Waals surface area contributed by atoms with Crippen molar-refractivity contribution in [3.8, 4) is 11.1 Å². The van der Waals surface area contributed by atoms with Gasteiger partial charge in [0.05, 0.1) is 26.2 Å². The van der Waals surface area contributed by atoms with Crippen LogP contribution < -0.4 is 5.32 Å². The topological polar surface area (TPSA) is 12.0 Å². The highest BCUT2D eigenvalue weighted by molar-refractivity contribution is 6.30. The van der Waals surface area contributed by atoms with Gasteiger partial charge in [0.2, 0.25) is 0 Å². The third-order valence-corrected chi connectivity index (χ3v) is 5.49. The summed E-state index contributed by atoms with van der Waals surface area (Å²) < 4.78 is 1.20. The molecule has 0 spiro atoms. The van der Waals surface area contributed by atoms with E-state index in [1.54, 1.807) is 0 Å². The van der Waals surface area contributed by atoms with E-state index < -0.39 is 0 Å². The Balaban J connectivity index is 1.85. The monoisotopic (exact) mass is 345 g/mol. The summed E-state index contributed by atoms with van der Waals surface area (Å²) in [5.41, 5.74) is 3.76. The average Bonchev–Trinajstić information content (AvgIpc) is 2.64. The SMILES string of the molecule is CC[N+](CC)(CC)CCNCc1ccc(-c2ccc(Cl)cc2)cc1. The molecule has 2 nitrogen and oxygen atoms in total. The molecule has 2 aromatic carbocycles. The molecule has 0 aliphatic carbocycles. The van der Waals surface area contributed by atoms with Crippen molar-refractivity contribution in [1.29, 1.82) is 0 Å². The number of rotatable bonds is 9. The predicted octanol–water partition coefficient (Wildman–Crippen LogP) is 4.97. The van der Waals surface area contributed by atoms with Gasteiger partial charge in [0.15, 0.2) is 0 Å². The Bertz CT molecular complexity index is 592. The first-order chi connectivity index (χ1) is 11.6. The summed E-state index contributed by atoms with van der Waals surface area (Å²) in [7, 11) is 0. The minimum absolute atomic E-state index is 0.778. The highest BCUT2D eigenvalue weighted by Gasteiger charge is 2.19. The molecule has 24 heavy (non-hydrogen) atoms. The van der Waals surface area contributed by atoms with Crippen LogP contribution >= 0.6 is 11.6 Å². The summed E-state index contributed by atoms with van der Waals surface area (Å²) in [6, 6.07) is 16.8. The molecular weight excluding hydrogens is 316 g/mol. The fourth-order valence-corrected chi connectivity index (χ4v) is 3.28. The van der Waals surface area contributed by atoms with Crippen LogP contribution in [-0.4, -0.2) is 37.2 Å². The maximum absolute atomic E-state index is 5.95. The Morgan fingerprint density at radius 3 is 1.79 bits per heavy atom. The number of hydrogen-bond acceptors (Lipinski definition) is 1. The molecule has 0 aliphatic heterocycles. The van der Waals surface area contributed by atoms with Gasteiger partial charge in [0, 0.05) is 18.1 Å². The van der Waals surface area contributed by atoms with E-state index in [1.165, 1.54) is 47.4 Å².